The maximum Gasteiger partial charge on any atom is 0.220 e. The number of ether oxygens (including phenoxy) is 2. The molecule has 0 bridgehead atoms. The van der Waals surface area contributed by atoms with Gasteiger partial charge in [-0.15, -0.1) is 0 Å². The highest BCUT2D eigenvalue weighted by atomic mass is 16.6. The summed E-state index contributed by atoms with van der Waals surface area (Å²) >= 11 is 0. The predicted molar refractivity (Wildman–Crippen MR) is 68.1 cm³/mol. The molecule has 3 unspecified atom stereocenters. The van der Waals surface area contributed by atoms with Crippen molar-refractivity contribution in [2.45, 2.75) is 44.2 Å². The summed E-state index contributed by atoms with van der Waals surface area (Å²) in [6.45, 7) is 2.39. The first-order valence-corrected chi connectivity index (χ1v) is 6.97. The predicted octanol–water partition coefficient (Wildman–Crippen LogP) is 0.426. The number of nitrogens with one attached hydrogen (secondary N) is 1. The number of hydrogen-bond acceptors (Lipinski definition) is 4. The Kier molecular flexibility index (Phi) is 5.41. The molecule has 18 heavy (non-hydrogen) atoms. The first-order chi connectivity index (χ1) is 8.75. The largest absolute Gasteiger partial charge is 0.376 e. The molecule has 5 heteroatoms. The zero-order valence-corrected chi connectivity index (χ0v) is 10.9. The van der Waals surface area contributed by atoms with Crippen LogP contribution < -0.4 is 11.1 Å². The molecular weight excluding hydrogens is 232 g/mol. The van der Waals surface area contributed by atoms with Gasteiger partial charge in [-0.1, -0.05) is 12.8 Å². The van der Waals surface area contributed by atoms with Crippen molar-refractivity contribution in [2.75, 3.05) is 26.4 Å². The van der Waals surface area contributed by atoms with Crippen LogP contribution >= 0.6 is 0 Å². The Morgan fingerprint density at radius 3 is 2.83 bits per heavy atom. The Bertz CT molecular complexity index is 267. The molecule has 104 valence electrons. The smallest absolute Gasteiger partial charge is 0.220 e. The van der Waals surface area contributed by atoms with Crippen LogP contribution in [0.2, 0.25) is 0 Å². The van der Waals surface area contributed by atoms with Crippen molar-refractivity contribution in [2.24, 2.45) is 11.7 Å². The van der Waals surface area contributed by atoms with E-state index in [2.05, 4.69) is 5.32 Å². The lowest BCUT2D eigenvalue weighted by Crippen LogP contribution is -2.42. The summed E-state index contributed by atoms with van der Waals surface area (Å²) in [5.41, 5.74) is 6.04. The highest BCUT2D eigenvalue weighted by molar-refractivity contribution is 5.76. The number of carbonyl (C=O) groups is 1. The fourth-order valence-corrected chi connectivity index (χ4v) is 2.68. The number of rotatable bonds is 4. The van der Waals surface area contributed by atoms with Crippen molar-refractivity contribution in [3.05, 3.63) is 0 Å². The van der Waals surface area contributed by atoms with Crippen molar-refractivity contribution in [3.8, 4) is 0 Å². The van der Waals surface area contributed by atoms with Crippen LogP contribution in [0.15, 0.2) is 0 Å². The zero-order valence-electron chi connectivity index (χ0n) is 10.9. The summed E-state index contributed by atoms with van der Waals surface area (Å²) in [5, 5.41) is 2.92. The molecule has 0 aromatic heterocycles. The van der Waals surface area contributed by atoms with Crippen LogP contribution in [0.25, 0.3) is 0 Å². The van der Waals surface area contributed by atoms with Crippen LogP contribution in [-0.4, -0.2) is 44.4 Å². The Morgan fingerprint density at radius 1 is 1.28 bits per heavy atom. The summed E-state index contributed by atoms with van der Waals surface area (Å²) < 4.78 is 10.8. The topological polar surface area (TPSA) is 73.6 Å². The summed E-state index contributed by atoms with van der Waals surface area (Å²) in [4.78, 5) is 11.8. The molecule has 2 rings (SSSR count). The molecule has 0 aromatic rings. The van der Waals surface area contributed by atoms with Crippen LogP contribution in [0.5, 0.6) is 0 Å². The van der Waals surface area contributed by atoms with Gasteiger partial charge in [0.25, 0.3) is 0 Å². The van der Waals surface area contributed by atoms with Gasteiger partial charge in [0.1, 0.15) is 0 Å². The molecule has 0 spiro atoms. The Labute approximate surface area is 108 Å². The van der Waals surface area contributed by atoms with Crippen LogP contribution in [0, 0.1) is 5.92 Å². The van der Waals surface area contributed by atoms with E-state index in [1.165, 1.54) is 12.8 Å². The molecule has 2 fully saturated rings. The fraction of sp³-hybridized carbons (Fsp3) is 0.923. The number of amides is 1. The summed E-state index contributed by atoms with van der Waals surface area (Å²) in [6.07, 6.45) is 5.09. The lowest BCUT2D eigenvalue weighted by Gasteiger charge is -2.28. The van der Waals surface area contributed by atoms with E-state index in [0.29, 0.717) is 38.7 Å². The molecule has 1 amide bonds. The average Bonchev–Trinajstić information content (AvgIpc) is 2.40. The van der Waals surface area contributed by atoms with Crippen molar-refractivity contribution in [1.82, 2.24) is 5.32 Å². The lowest BCUT2D eigenvalue weighted by molar-refractivity contribution is -0.125. The van der Waals surface area contributed by atoms with E-state index in [1.54, 1.807) is 0 Å². The summed E-state index contributed by atoms with van der Waals surface area (Å²) in [7, 11) is 0. The van der Waals surface area contributed by atoms with Crippen LogP contribution in [0.1, 0.15) is 32.1 Å². The van der Waals surface area contributed by atoms with Crippen molar-refractivity contribution in [3.63, 3.8) is 0 Å². The van der Waals surface area contributed by atoms with Gasteiger partial charge in [0.05, 0.1) is 25.9 Å². The molecule has 1 heterocycles. The van der Waals surface area contributed by atoms with E-state index in [0.717, 1.165) is 12.8 Å². The third-order valence-corrected chi connectivity index (χ3v) is 3.83. The Morgan fingerprint density at radius 2 is 2.11 bits per heavy atom. The quantitative estimate of drug-likeness (QED) is 0.765. The Balaban J connectivity index is 1.64. The molecule has 1 aliphatic heterocycles. The molecule has 1 saturated carbocycles. The second kappa shape index (κ2) is 7.07. The van der Waals surface area contributed by atoms with Gasteiger partial charge < -0.3 is 20.5 Å². The van der Waals surface area contributed by atoms with E-state index in [1.807, 2.05) is 0 Å². The molecular formula is C13H24N2O3. The summed E-state index contributed by atoms with van der Waals surface area (Å²) in [5.74, 6) is 0.439. The van der Waals surface area contributed by atoms with Gasteiger partial charge >= 0.3 is 0 Å². The molecule has 2 aliphatic rings. The minimum Gasteiger partial charge on any atom is -0.376 e. The average molecular weight is 256 g/mol. The standard InChI is InChI=1S/C13H24N2O3/c14-12-4-2-1-3-10(12)7-13(16)15-8-11-9-17-5-6-18-11/h10-12H,1-9,14H2,(H,15,16). The van der Waals surface area contributed by atoms with E-state index in [9.17, 15) is 4.79 Å². The first-order valence-electron chi connectivity index (χ1n) is 6.97. The summed E-state index contributed by atoms with van der Waals surface area (Å²) in [6, 6.07) is 0.193. The Hall–Kier alpha value is -0.650. The third-order valence-electron chi connectivity index (χ3n) is 3.83. The minimum absolute atomic E-state index is 0.00253. The zero-order chi connectivity index (χ0) is 12.8. The van der Waals surface area contributed by atoms with Crippen molar-refractivity contribution >= 4 is 5.91 Å². The van der Waals surface area contributed by atoms with Crippen LogP contribution in [0.4, 0.5) is 0 Å². The van der Waals surface area contributed by atoms with Crippen molar-refractivity contribution in [1.29, 1.82) is 0 Å². The second-order valence-electron chi connectivity index (χ2n) is 5.28. The van der Waals surface area contributed by atoms with Crippen LogP contribution in [-0.2, 0) is 14.3 Å². The van der Waals surface area contributed by atoms with Crippen LogP contribution in [0.3, 0.4) is 0 Å². The van der Waals surface area contributed by atoms with Gasteiger partial charge in [-0.2, -0.15) is 0 Å². The van der Waals surface area contributed by atoms with Gasteiger partial charge in [-0.05, 0) is 18.8 Å². The highest BCUT2D eigenvalue weighted by Crippen LogP contribution is 2.25. The fourth-order valence-electron chi connectivity index (χ4n) is 2.68. The third kappa shape index (κ3) is 4.23. The number of nitrogens with two attached hydrogens (primary N) is 1. The van der Waals surface area contributed by atoms with Crippen molar-refractivity contribution < 1.29 is 14.3 Å². The lowest BCUT2D eigenvalue weighted by atomic mass is 9.83. The molecule has 1 aliphatic carbocycles. The van der Waals surface area contributed by atoms with Gasteiger partial charge in [0.15, 0.2) is 0 Å². The molecule has 0 radical (unpaired) electrons. The normalized spacial score (nSPS) is 33.1. The maximum absolute atomic E-state index is 11.8. The van der Waals surface area contributed by atoms with E-state index in [-0.39, 0.29) is 18.1 Å². The monoisotopic (exact) mass is 256 g/mol. The molecule has 0 aromatic carbocycles. The van der Waals surface area contributed by atoms with Gasteiger partial charge in [0.2, 0.25) is 5.91 Å². The molecule has 3 atom stereocenters. The van der Waals surface area contributed by atoms with E-state index < -0.39 is 0 Å². The van der Waals surface area contributed by atoms with Gasteiger partial charge in [-0.3, -0.25) is 4.79 Å². The van der Waals surface area contributed by atoms with E-state index in [4.69, 9.17) is 15.2 Å². The SMILES string of the molecule is NC1CCCCC1CC(=O)NCC1COCCO1. The maximum atomic E-state index is 11.8. The molecule has 1 saturated heterocycles. The van der Waals surface area contributed by atoms with E-state index >= 15 is 0 Å². The first kappa shape index (κ1) is 13.8. The number of hydrogen-bond donors (Lipinski definition) is 2. The highest BCUT2D eigenvalue weighted by Gasteiger charge is 2.24. The molecule has 3 N–H and O–H groups in total. The number of carbonyl (C=O) groups excluding carboxylic acids is 1. The minimum atomic E-state index is 0.00253. The molecule has 5 nitrogen and oxygen atoms in total. The van der Waals surface area contributed by atoms with Gasteiger partial charge in [-0.25, -0.2) is 0 Å². The second-order valence-corrected chi connectivity index (χ2v) is 5.28. The van der Waals surface area contributed by atoms with Gasteiger partial charge in [0, 0.05) is 19.0 Å².